The number of nitrogen functional groups attached to an aromatic ring is 1. The van der Waals surface area contributed by atoms with E-state index in [1.807, 2.05) is 12.1 Å². The van der Waals surface area contributed by atoms with Gasteiger partial charge in [-0.15, -0.1) is 0 Å². The third kappa shape index (κ3) is 3.03. The standard InChI is InChI=1S/C26H22N2/c27-24-15-13-21(14-16-24)20-9-11-22(12-10-20)26-8-4-7-25-17-23(18-28(25)26)19-5-2-1-3-6-19/h2,4-18H,1,3,27H2. The molecule has 0 radical (unpaired) electrons. The maximum Gasteiger partial charge on any atom is 0.0528 e. The van der Waals surface area contributed by atoms with Crippen molar-refractivity contribution in [2.45, 2.75) is 12.8 Å². The Morgan fingerprint density at radius 1 is 0.714 bits per heavy atom. The van der Waals surface area contributed by atoms with Gasteiger partial charge in [-0.1, -0.05) is 60.7 Å². The van der Waals surface area contributed by atoms with Crippen LogP contribution in [0.4, 0.5) is 5.69 Å². The molecular weight excluding hydrogens is 340 g/mol. The Balaban J connectivity index is 1.53. The number of anilines is 1. The van der Waals surface area contributed by atoms with E-state index < -0.39 is 0 Å². The molecule has 2 aromatic heterocycles. The summed E-state index contributed by atoms with van der Waals surface area (Å²) in [4.78, 5) is 0. The SMILES string of the molecule is Nc1ccc(-c2ccc(-c3cccc4cc(C5=CCCC=C5)cn34)cc2)cc1. The topological polar surface area (TPSA) is 30.4 Å². The molecule has 2 heteroatoms. The minimum Gasteiger partial charge on any atom is -0.399 e. The van der Waals surface area contributed by atoms with Crippen molar-refractivity contribution >= 4 is 16.8 Å². The second-order valence-electron chi connectivity index (χ2n) is 7.27. The lowest BCUT2D eigenvalue weighted by atomic mass is 10.0. The van der Waals surface area contributed by atoms with Gasteiger partial charge in [0.1, 0.15) is 0 Å². The number of nitrogens with two attached hydrogens (primary N) is 1. The summed E-state index contributed by atoms with van der Waals surface area (Å²) in [5.74, 6) is 0. The Morgan fingerprint density at radius 3 is 2.14 bits per heavy atom. The van der Waals surface area contributed by atoms with Crippen molar-refractivity contribution < 1.29 is 0 Å². The van der Waals surface area contributed by atoms with E-state index in [-0.39, 0.29) is 0 Å². The molecule has 1 aliphatic carbocycles. The minimum atomic E-state index is 0.790. The van der Waals surface area contributed by atoms with Crippen molar-refractivity contribution in [3.05, 3.63) is 103 Å². The van der Waals surface area contributed by atoms with E-state index in [1.54, 1.807) is 0 Å². The highest BCUT2D eigenvalue weighted by atomic mass is 14.9. The number of hydrogen-bond acceptors (Lipinski definition) is 1. The maximum absolute atomic E-state index is 5.80. The van der Waals surface area contributed by atoms with E-state index in [2.05, 4.69) is 89.5 Å². The summed E-state index contributed by atoms with van der Waals surface area (Å²) in [7, 11) is 0. The van der Waals surface area contributed by atoms with Gasteiger partial charge in [-0.3, -0.25) is 0 Å². The van der Waals surface area contributed by atoms with Gasteiger partial charge < -0.3 is 10.1 Å². The van der Waals surface area contributed by atoms with Crippen LogP contribution >= 0.6 is 0 Å². The molecule has 5 rings (SSSR count). The third-order valence-corrected chi connectivity index (χ3v) is 5.38. The smallest absolute Gasteiger partial charge is 0.0528 e. The van der Waals surface area contributed by atoms with Gasteiger partial charge in [-0.05, 0) is 65.4 Å². The van der Waals surface area contributed by atoms with Crippen molar-refractivity contribution in [2.24, 2.45) is 0 Å². The summed E-state index contributed by atoms with van der Waals surface area (Å²) in [6, 6.07) is 25.5. The van der Waals surface area contributed by atoms with Crippen LogP contribution in [0.5, 0.6) is 0 Å². The van der Waals surface area contributed by atoms with Gasteiger partial charge in [0.05, 0.1) is 5.69 Å². The molecular formula is C26H22N2. The Kier molecular flexibility index (Phi) is 4.10. The zero-order valence-corrected chi connectivity index (χ0v) is 15.7. The predicted octanol–water partition coefficient (Wildman–Crippen LogP) is 6.59. The summed E-state index contributed by atoms with van der Waals surface area (Å²) in [5.41, 5.74) is 15.2. The third-order valence-electron chi connectivity index (χ3n) is 5.38. The summed E-state index contributed by atoms with van der Waals surface area (Å²) in [6.07, 6.45) is 11.3. The maximum atomic E-state index is 5.80. The number of hydrogen-bond donors (Lipinski definition) is 1. The summed E-state index contributed by atoms with van der Waals surface area (Å²) in [5, 5.41) is 0. The van der Waals surface area contributed by atoms with E-state index in [9.17, 15) is 0 Å². The molecule has 2 heterocycles. The zero-order valence-electron chi connectivity index (χ0n) is 15.7. The molecule has 0 bridgehead atoms. The number of benzene rings is 2. The van der Waals surface area contributed by atoms with Crippen LogP contribution in [0.3, 0.4) is 0 Å². The molecule has 0 amide bonds. The van der Waals surface area contributed by atoms with Crippen LogP contribution in [-0.4, -0.2) is 4.40 Å². The largest absolute Gasteiger partial charge is 0.399 e. The second-order valence-corrected chi connectivity index (χ2v) is 7.27. The average molecular weight is 362 g/mol. The molecule has 2 aromatic carbocycles. The van der Waals surface area contributed by atoms with Gasteiger partial charge >= 0.3 is 0 Å². The average Bonchev–Trinajstić information content (AvgIpc) is 3.20. The highest BCUT2D eigenvalue weighted by Gasteiger charge is 2.09. The van der Waals surface area contributed by atoms with Gasteiger partial charge in [0.25, 0.3) is 0 Å². The number of rotatable bonds is 3. The van der Waals surface area contributed by atoms with E-state index >= 15 is 0 Å². The fraction of sp³-hybridized carbons (Fsp3) is 0.0769. The Bertz CT molecular complexity index is 1190. The highest BCUT2D eigenvalue weighted by molar-refractivity contribution is 5.79. The van der Waals surface area contributed by atoms with Crippen LogP contribution in [0.2, 0.25) is 0 Å². The van der Waals surface area contributed by atoms with E-state index in [4.69, 9.17) is 5.73 Å². The monoisotopic (exact) mass is 362 g/mol. The highest BCUT2D eigenvalue weighted by Crippen LogP contribution is 2.29. The van der Waals surface area contributed by atoms with Gasteiger partial charge in [0.2, 0.25) is 0 Å². The van der Waals surface area contributed by atoms with Crippen molar-refractivity contribution in [1.29, 1.82) is 0 Å². The lowest BCUT2D eigenvalue weighted by Gasteiger charge is -2.08. The first kappa shape index (κ1) is 16.6. The zero-order chi connectivity index (χ0) is 18.9. The lowest BCUT2D eigenvalue weighted by molar-refractivity contribution is 1.04. The lowest BCUT2D eigenvalue weighted by Crippen LogP contribution is -1.90. The van der Waals surface area contributed by atoms with Crippen molar-refractivity contribution in [3.63, 3.8) is 0 Å². The normalized spacial score (nSPS) is 13.6. The van der Waals surface area contributed by atoms with Crippen LogP contribution in [0.1, 0.15) is 18.4 Å². The summed E-state index contributed by atoms with van der Waals surface area (Å²) in [6.45, 7) is 0. The van der Waals surface area contributed by atoms with Crippen LogP contribution in [0.25, 0.3) is 33.5 Å². The minimum absolute atomic E-state index is 0.790. The van der Waals surface area contributed by atoms with Crippen LogP contribution in [0, 0.1) is 0 Å². The fourth-order valence-corrected chi connectivity index (χ4v) is 3.86. The Hall–Kier alpha value is -3.52. The number of nitrogens with zero attached hydrogens (tertiary/aromatic N) is 1. The number of pyridine rings is 1. The van der Waals surface area contributed by atoms with Crippen molar-refractivity contribution in [3.8, 4) is 22.4 Å². The first-order chi connectivity index (χ1) is 13.8. The summed E-state index contributed by atoms with van der Waals surface area (Å²) >= 11 is 0. The molecule has 0 spiro atoms. The molecule has 0 saturated carbocycles. The molecule has 2 nitrogen and oxygen atoms in total. The molecule has 1 aliphatic rings. The summed E-state index contributed by atoms with van der Waals surface area (Å²) < 4.78 is 2.29. The molecule has 28 heavy (non-hydrogen) atoms. The van der Waals surface area contributed by atoms with Gasteiger partial charge in [-0.25, -0.2) is 0 Å². The number of aromatic nitrogens is 1. The van der Waals surface area contributed by atoms with Crippen molar-refractivity contribution in [2.75, 3.05) is 5.73 Å². The first-order valence-corrected chi connectivity index (χ1v) is 9.72. The first-order valence-electron chi connectivity index (χ1n) is 9.72. The molecule has 136 valence electrons. The quantitative estimate of drug-likeness (QED) is 0.409. The molecule has 0 aliphatic heterocycles. The molecule has 0 atom stereocenters. The van der Waals surface area contributed by atoms with Gasteiger partial charge in [0.15, 0.2) is 0 Å². The molecule has 0 saturated heterocycles. The van der Waals surface area contributed by atoms with Crippen LogP contribution < -0.4 is 5.73 Å². The predicted molar refractivity (Wildman–Crippen MR) is 119 cm³/mol. The van der Waals surface area contributed by atoms with Crippen molar-refractivity contribution in [1.82, 2.24) is 4.40 Å². The van der Waals surface area contributed by atoms with E-state index in [0.717, 1.165) is 18.5 Å². The number of fused-ring (bicyclic) bond motifs is 1. The Labute approximate surface area is 165 Å². The molecule has 0 unspecified atom stereocenters. The van der Waals surface area contributed by atoms with Crippen LogP contribution in [0.15, 0.2) is 97.2 Å². The van der Waals surface area contributed by atoms with Crippen LogP contribution in [-0.2, 0) is 0 Å². The molecule has 2 N–H and O–H groups in total. The Morgan fingerprint density at radius 2 is 1.43 bits per heavy atom. The van der Waals surface area contributed by atoms with E-state index in [1.165, 1.54) is 39.0 Å². The van der Waals surface area contributed by atoms with Gasteiger partial charge in [-0.2, -0.15) is 0 Å². The number of allylic oxidation sites excluding steroid dienone is 4. The second kappa shape index (κ2) is 6.90. The fourth-order valence-electron chi connectivity index (χ4n) is 3.86. The molecule has 0 fully saturated rings. The van der Waals surface area contributed by atoms with Gasteiger partial charge in [0, 0.05) is 23.0 Å². The molecule has 4 aromatic rings. The van der Waals surface area contributed by atoms with E-state index in [0.29, 0.717) is 0 Å².